The molecule has 0 aliphatic rings. The predicted molar refractivity (Wildman–Crippen MR) is 174 cm³/mol. The van der Waals surface area contributed by atoms with Crippen molar-refractivity contribution in [1.82, 2.24) is 15.0 Å². The highest BCUT2D eigenvalue weighted by Gasteiger charge is 2.15. The molecule has 0 N–H and O–H groups in total. The Kier molecular flexibility index (Phi) is 4.91. The molecule has 8 aromatic rings. The second kappa shape index (κ2) is 10.5. The first-order chi connectivity index (χ1) is 23.4. The molecule has 4 heteroatoms. The Bertz CT molecular complexity index is 2410. The third-order valence-electron chi connectivity index (χ3n) is 7.44. The molecular weight excluding hydrogens is 526 g/mol. The minimum absolute atomic E-state index is 0.182. The standard InChI is InChI=1S/C39H25N3O/c1-4-10-26(11-5-1)27-16-18-28(19-17-27)31-20-22-33-34-24-32(21-23-35(34)43-36(33)25-31)39-41-37(29-12-6-2-7-13-29)40-38(42-39)30-14-8-3-9-15-30/h1-25H/i1D,4D,5D,10D,11D. The SMILES string of the molecule is [2H]c1c([2H])c([2H])c(-c2ccc(-c3ccc4c(c3)oc3ccc(-c5nc(-c6ccccc6)nc(-c6ccccc6)n5)cc34)cc2)c([2H])c1[2H]. The number of aromatic nitrogens is 3. The Labute approximate surface area is 256 Å². The van der Waals surface area contributed by atoms with E-state index in [0.29, 0.717) is 23.0 Å². The highest BCUT2D eigenvalue weighted by molar-refractivity contribution is 6.07. The first-order valence-electron chi connectivity index (χ1n) is 16.4. The largest absolute Gasteiger partial charge is 0.456 e. The third kappa shape index (κ3) is 4.75. The van der Waals surface area contributed by atoms with Gasteiger partial charge in [-0.15, -0.1) is 0 Å². The maximum absolute atomic E-state index is 8.31. The van der Waals surface area contributed by atoms with Crippen LogP contribution in [0.4, 0.5) is 0 Å². The lowest BCUT2D eigenvalue weighted by Gasteiger charge is -2.08. The number of fused-ring (bicyclic) bond motifs is 3. The molecule has 6 aromatic carbocycles. The molecular formula is C39H25N3O. The van der Waals surface area contributed by atoms with Crippen molar-refractivity contribution < 1.29 is 11.3 Å². The molecule has 202 valence electrons. The summed E-state index contributed by atoms with van der Waals surface area (Å²) in [5.74, 6) is 1.76. The van der Waals surface area contributed by atoms with E-state index in [2.05, 4.69) is 6.07 Å². The summed E-state index contributed by atoms with van der Waals surface area (Å²) in [5.41, 5.74) is 6.67. The number of hydrogen-bond donors (Lipinski definition) is 0. The first-order valence-corrected chi connectivity index (χ1v) is 13.9. The van der Waals surface area contributed by atoms with Gasteiger partial charge in [-0.1, -0.05) is 121 Å². The summed E-state index contributed by atoms with van der Waals surface area (Å²) in [4.78, 5) is 14.5. The number of benzene rings is 6. The second-order valence-electron chi connectivity index (χ2n) is 10.1. The van der Waals surface area contributed by atoms with Gasteiger partial charge < -0.3 is 4.42 Å². The smallest absolute Gasteiger partial charge is 0.164 e. The number of hydrogen-bond acceptors (Lipinski definition) is 4. The van der Waals surface area contributed by atoms with Crippen molar-refractivity contribution in [1.29, 1.82) is 0 Å². The van der Waals surface area contributed by atoms with E-state index in [4.69, 9.17) is 26.2 Å². The summed E-state index contributed by atoms with van der Waals surface area (Å²) >= 11 is 0. The Morgan fingerprint density at radius 3 is 1.56 bits per heavy atom. The van der Waals surface area contributed by atoms with Gasteiger partial charge in [0, 0.05) is 27.5 Å². The summed E-state index contributed by atoms with van der Waals surface area (Å²) < 4.78 is 46.8. The van der Waals surface area contributed by atoms with Crippen LogP contribution in [-0.4, -0.2) is 15.0 Å². The fraction of sp³-hybridized carbons (Fsp3) is 0. The molecule has 0 saturated carbocycles. The molecule has 0 bridgehead atoms. The van der Waals surface area contributed by atoms with Gasteiger partial charge in [0.25, 0.3) is 0 Å². The van der Waals surface area contributed by atoms with Crippen LogP contribution in [0.25, 0.3) is 78.4 Å². The van der Waals surface area contributed by atoms with Crippen LogP contribution in [0.15, 0.2) is 156 Å². The zero-order valence-electron chi connectivity index (χ0n) is 27.8. The van der Waals surface area contributed by atoms with Gasteiger partial charge >= 0.3 is 0 Å². The average Bonchev–Trinajstić information content (AvgIpc) is 3.51. The minimum Gasteiger partial charge on any atom is -0.456 e. The monoisotopic (exact) mass is 556 g/mol. The molecule has 8 rings (SSSR count). The number of nitrogens with zero attached hydrogens (tertiary/aromatic N) is 3. The normalized spacial score (nSPS) is 12.9. The Hall–Kier alpha value is -5.87. The Morgan fingerprint density at radius 2 is 0.930 bits per heavy atom. The topological polar surface area (TPSA) is 51.8 Å². The van der Waals surface area contributed by atoms with Crippen LogP contribution in [0.3, 0.4) is 0 Å². The van der Waals surface area contributed by atoms with Crippen molar-refractivity contribution in [3.05, 3.63) is 152 Å². The van der Waals surface area contributed by atoms with Gasteiger partial charge in [-0.2, -0.15) is 0 Å². The zero-order chi connectivity index (χ0) is 32.9. The van der Waals surface area contributed by atoms with Gasteiger partial charge in [-0.05, 0) is 52.6 Å². The quantitative estimate of drug-likeness (QED) is 0.212. The second-order valence-corrected chi connectivity index (χ2v) is 10.1. The first kappa shape index (κ1) is 20.1. The van der Waals surface area contributed by atoms with Crippen molar-refractivity contribution in [3.63, 3.8) is 0 Å². The summed E-state index contributed by atoms with van der Waals surface area (Å²) in [5, 5.41) is 1.89. The van der Waals surface area contributed by atoms with Gasteiger partial charge in [0.15, 0.2) is 17.5 Å². The molecule has 0 atom stereocenters. The van der Waals surface area contributed by atoms with E-state index in [1.807, 2.05) is 103 Å². The van der Waals surface area contributed by atoms with E-state index in [1.54, 1.807) is 12.1 Å². The molecule has 2 heterocycles. The third-order valence-corrected chi connectivity index (χ3v) is 7.44. The van der Waals surface area contributed by atoms with E-state index < -0.39 is 6.04 Å². The highest BCUT2D eigenvalue weighted by atomic mass is 16.3. The van der Waals surface area contributed by atoms with Crippen LogP contribution >= 0.6 is 0 Å². The van der Waals surface area contributed by atoms with Gasteiger partial charge in [-0.25, -0.2) is 15.0 Å². The van der Waals surface area contributed by atoms with Gasteiger partial charge in [-0.3, -0.25) is 0 Å². The van der Waals surface area contributed by atoms with Crippen molar-refractivity contribution in [2.24, 2.45) is 0 Å². The van der Waals surface area contributed by atoms with E-state index in [1.165, 1.54) is 0 Å². The molecule has 0 saturated heterocycles. The minimum atomic E-state index is -0.404. The fourth-order valence-corrected chi connectivity index (χ4v) is 5.26. The van der Waals surface area contributed by atoms with E-state index in [0.717, 1.165) is 49.8 Å². The summed E-state index contributed by atoms with van der Waals surface area (Å²) in [6, 6.07) is 37.5. The van der Waals surface area contributed by atoms with Crippen LogP contribution in [0.5, 0.6) is 0 Å². The van der Waals surface area contributed by atoms with Gasteiger partial charge in [0.05, 0.1) is 6.85 Å². The lowest BCUT2D eigenvalue weighted by molar-refractivity contribution is 0.669. The number of rotatable bonds is 5. The Balaban J connectivity index is 1.17. The molecule has 0 radical (unpaired) electrons. The summed E-state index contributed by atoms with van der Waals surface area (Å²) in [6.45, 7) is 0. The van der Waals surface area contributed by atoms with Crippen molar-refractivity contribution >= 4 is 21.9 Å². The number of furan rings is 1. The van der Waals surface area contributed by atoms with Crippen molar-refractivity contribution in [3.8, 4) is 56.4 Å². The molecule has 0 fully saturated rings. The lowest BCUT2D eigenvalue weighted by atomic mass is 9.99. The van der Waals surface area contributed by atoms with Gasteiger partial charge in [0.1, 0.15) is 11.2 Å². The van der Waals surface area contributed by atoms with E-state index >= 15 is 0 Å². The molecule has 0 aliphatic heterocycles. The zero-order valence-corrected chi connectivity index (χ0v) is 22.8. The molecule has 0 amide bonds. The fourth-order valence-electron chi connectivity index (χ4n) is 5.26. The molecule has 0 spiro atoms. The van der Waals surface area contributed by atoms with Crippen molar-refractivity contribution in [2.75, 3.05) is 0 Å². The van der Waals surface area contributed by atoms with Gasteiger partial charge in [0.2, 0.25) is 0 Å². The van der Waals surface area contributed by atoms with Crippen LogP contribution in [0.2, 0.25) is 0 Å². The molecule has 0 aliphatic carbocycles. The summed E-state index contributed by atoms with van der Waals surface area (Å²) in [6.07, 6.45) is 0. The molecule has 4 nitrogen and oxygen atoms in total. The van der Waals surface area contributed by atoms with E-state index in [-0.39, 0.29) is 29.7 Å². The predicted octanol–water partition coefficient (Wildman–Crippen LogP) is 10.1. The van der Waals surface area contributed by atoms with Crippen LogP contribution in [-0.2, 0) is 0 Å². The molecule has 43 heavy (non-hydrogen) atoms. The maximum Gasteiger partial charge on any atom is 0.164 e. The molecule has 0 unspecified atom stereocenters. The van der Waals surface area contributed by atoms with Crippen LogP contribution in [0, 0.1) is 0 Å². The summed E-state index contributed by atoms with van der Waals surface area (Å²) in [7, 11) is 0. The average molecular weight is 557 g/mol. The highest BCUT2D eigenvalue weighted by Crippen LogP contribution is 2.35. The van der Waals surface area contributed by atoms with Crippen LogP contribution < -0.4 is 0 Å². The van der Waals surface area contributed by atoms with Crippen LogP contribution in [0.1, 0.15) is 6.85 Å². The van der Waals surface area contributed by atoms with Crippen molar-refractivity contribution in [2.45, 2.75) is 0 Å². The lowest BCUT2D eigenvalue weighted by Crippen LogP contribution is -2.00. The maximum atomic E-state index is 8.31. The Morgan fingerprint density at radius 1 is 0.395 bits per heavy atom. The van der Waals surface area contributed by atoms with E-state index in [9.17, 15) is 0 Å². The molecule has 2 aromatic heterocycles.